The lowest BCUT2D eigenvalue weighted by Crippen LogP contribution is -2.38. The maximum absolute atomic E-state index is 13.2. The highest BCUT2D eigenvalue weighted by atomic mass is 32.1. The molecule has 0 aliphatic carbocycles. The molecule has 3 rings (SSSR count). The number of nitrogens with zero attached hydrogens (tertiary/aromatic N) is 2. The van der Waals surface area contributed by atoms with Crippen LogP contribution in [0.3, 0.4) is 0 Å². The molecule has 0 aliphatic heterocycles. The minimum Gasteiger partial charge on any atom is -0.486 e. The summed E-state index contributed by atoms with van der Waals surface area (Å²) in [6.45, 7) is 9.14. The molecule has 0 unspecified atom stereocenters. The van der Waals surface area contributed by atoms with Gasteiger partial charge in [-0.2, -0.15) is 0 Å². The molecule has 4 nitrogen and oxygen atoms in total. The second kappa shape index (κ2) is 9.70. The lowest BCUT2D eigenvalue weighted by Gasteiger charge is -2.28. The quantitative estimate of drug-likeness (QED) is 0.474. The van der Waals surface area contributed by atoms with Crippen LogP contribution in [0.5, 0.6) is 5.75 Å². The Labute approximate surface area is 177 Å². The number of aromatic nitrogens is 1. The van der Waals surface area contributed by atoms with E-state index < -0.39 is 0 Å². The highest BCUT2D eigenvalue weighted by Gasteiger charge is 2.23. The molecular weight excluding hydrogens is 380 g/mol. The highest BCUT2D eigenvalue weighted by Crippen LogP contribution is 2.21. The summed E-state index contributed by atoms with van der Waals surface area (Å²) in [4.78, 5) is 19.8. The van der Waals surface area contributed by atoms with Gasteiger partial charge in [-0.15, -0.1) is 11.3 Å². The Morgan fingerprint density at radius 2 is 1.79 bits per heavy atom. The van der Waals surface area contributed by atoms with Gasteiger partial charge in [0.2, 0.25) is 0 Å². The molecule has 0 saturated heterocycles. The first-order chi connectivity index (χ1) is 14.0. The molecule has 0 bridgehead atoms. The number of benzene rings is 2. The van der Waals surface area contributed by atoms with Crippen molar-refractivity contribution in [3.8, 4) is 5.75 Å². The molecule has 0 fully saturated rings. The summed E-state index contributed by atoms with van der Waals surface area (Å²) in [5.74, 6) is 0.934. The van der Waals surface area contributed by atoms with E-state index in [2.05, 4.69) is 13.8 Å². The molecule has 0 saturated carbocycles. The predicted molar refractivity (Wildman–Crippen MR) is 118 cm³/mol. The molecule has 0 N–H and O–H groups in total. The lowest BCUT2D eigenvalue weighted by atomic mass is 10.1. The minimum atomic E-state index is 0.0585. The van der Waals surface area contributed by atoms with Crippen LogP contribution in [0.1, 0.15) is 52.5 Å². The molecule has 2 aromatic carbocycles. The summed E-state index contributed by atoms with van der Waals surface area (Å²) in [5.41, 5.74) is 3.76. The standard InChI is InChI=1S/C24H28N2O2S/c1-5-19(4)26(24(27)21-12-8-6-10-17(21)2)14-20-16-29-23(25-20)15-28-22-13-9-7-11-18(22)3/h6-13,16,19H,5,14-15H2,1-4H3/t19-/m0/s1. The zero-order chi connectivity index (χ0) is 20.8. The predicted octanol–water partition coefficient (Wildman–Crippen LogP) is 5.78. The number of hydrogen-bond donors (Lipinski definition) is 0. The number of amides is 1. The maximum atomic E-state index is 13.2. The van der Waals surface area contributed by atoms with Crippen LogP contribution in [0.2, 0.25) is 0 Å². The number of carbonyl (C=O) groups is 1. The maximum Gasteiger partial charge on any atom is 0.254 e. The summed E-state index contributed by atoms with van der Waals surface area (Å²) >= 11 is 1.57. The molecule has 1 atom stereocenters. The molecule has 29 heavy (non-hydrogen) atoms. The average molecular weight is 409 g/mol. The van der Waals surface area contributed by atoms with E-state index in [0.717, 1.165) is 39.6 Å². The summed E-state index contributed by atoms with van der Waals surface area (Å²) in [5, 5.41) is 2.94. The lowest BCUT2D eigenvalue weighted by molar-refractivity contribution is 0.0668. The second-order valence-corrected chi connectivity index (χ2v) is 8.23. The molecule has 1 heterocycles. The first kappa shape index (κ1) is 21.1. The third kappa shape index (κ3) is 5.24. The number of hydrogen-bond acceptors (Lipinski definition) is 4. The van der Waals surface area contributed by atoms with Gasteiger partial charge in [0.1, 0.15) is 17.4 Å². The highest BCUT2D eigenvalue weighted by molar-refractivity contribution is 7.09. The van der Waals surface area contributed by atoms with E-state index >= 15 is 0 Å². The Hall–Kier alpha value is -2.66. The van der Waals surface area contributed by atoms with Crippen molar-refractivity contribution in [1.82, 2.24) is 9.88 Å². The minimum absolute atomic E-state index is 0.0585. The first-order valence-corrected chi connectivity index (χ1v) is 10.9. The zero-order valence-corrected chi connectivity index (χ0v) is 18.3. The monoisotopic (exact) mass is 408 g/mol. The molecule has 152 valence electrons. The smallest absolute Gasteiger partial charge is 0.254 e. The van der Waals surface area contributed by atoms with Gasteiger partial charge in [-0.25, -0.2) is 4.98 Å². The normalized spacial score (nSPS) is 11.9. The molecule has 5 heteroatoms. The van der Waals surface area contributed by atoms with Gasteiger partial charge < -0.3 is 9.64 Å². The van der Waals surface area contributed by atoms with Crippen LogP contribution in [0.15, 0.2) is 53.9 Å². The number of rotatable bonds is 8. The summed E-state index contributed by atoms with van der Waals surface area (Å²) in [7, 11) is 0. The number of ether oxygens (including phenoxy) is 1. The summed E-state index contributed by atoms with van der Waals surface area (Å²) < 4.78 is 5.91. The van der Waals surface area contributed by atoms with E-state index in [-0.39, 0.29) is 11.9 Å². The number of aryl methyl sites for hydroxylation is 2. The Morgan fingerprint density at radius 3 is 2.48 bits per heavy atom. The molecule has 1 amide bonds. The van der Waals surface area contributed by atoms with Crippen molar-refractivity contribution in [2.24, 2.45) is 0 Å². The van der Waals surface area contributed by atoms with E-state index in [9.17, 15) is 4.79 Å². The SMILES string of the molecule is CC[C@H](C)N(Cc1csc(COc2ccccc2C)n1)C(=O)c1ccccc1C. The number of thiazole rings is 1. The van der Waals surface area contributed by atoms with Gasteiger partial charge in [0, 0.05) is 17.0 Å². The molecule has 3 aromatic rings. The Kier molecular flexibility index (Phi) is 7.04. The topological polar surface area (TPSA) is 42.4 Å². The van der Waals surface area contributed by atoms with Crippen LogP contribution < -0.4 is 4.74 Å². The van der Waals surface area contributed by atoms with Crippen molar-refractivity contribution in [1.29, 1.82) is 0 Å². The van der Waals surface area contributed by atoms with Crippen molar-refractivity contribution in [3.63, 3.8) is 0 Å². The van der Waals surface area contributed by atoms with Gasteiger partial charge >= 0.3 is 0 Å². The van der Waals surface area contributed by atoms with Crippen LogP contribution in [0.25, 0.3) is 0 Å². The van der Waals surface area contributed by atoms with Crippen molar-refractivity contribution in [2.75, 3.05) is 0 Å². The number of para-hydroxylation sites is 1. The molecule has 0 spiro atoms. The zero-order valence-electron chi connectivity index (χ0n) is 17.5. The van der Waals surface area contributed by atoms with Gasteiger partial charge in [-0.3, -0.25) is 4.79 Å². The fourth-order valence-corrected chi connectivity index (χ4v) is 3.83. The van der Waals surface area contributed by atoms with Gasteiger partial charge in [-0.1, -0.05) is 43.3 Å². The number of carbonyl (C=O) groups excluding carboxylic acids is 1. The van der Waals surface area contributed by atoms with Crippen molar-refractivity contribution >= 4 is 17.2 Å². The second-order valence-electron chi connectivity index (χ2n) is 7.29. The fourth-order valence-electron chi connectivity index (χ4n) is 3.14. The van der Waals surface area contributed by atoms with E-state index in [0.29, 0.717) is 13.2 Å². The largest absolute Gasteiger partial charge is 0.486 e. The summed E-state index contributed by atoms with van der Waals surface area (Å²) in [6.07, 6.45) is 0.894. The molecule has 1 aromatic heterocycles. The molecule has 0 radical (unpaired) electrons. The molecular formula is C24H28N2O2S. The van der Waals surface area contributed by atoms with E-state index in [1.165, 1.54) is 0 Å². The van der Waals surface area contributed by atoms with Gasteiger partial charge in [0.25, 0.3) is 5.91 Å². The van der Waals surface area contributed by atoms with Crippen LogP contribution in [-0.4, -0.2) is 21.8 Å². The Bertz CT molecular complexity index is 967. The van der Waals surface area contributed by atoms with E-state index in [1.54, 1.807) is 11.3 Å². The van der Waals surface area contributed by atoms with Crippen molar-refractivity contribution < 1.29 is 9.53 Å². The van der Waals surface area contributed by atoms with Crippen molar-refractivity contribution in [3.05, 3.63) is 81.3 Å². The third-order valence-corrected chi connectivity index (χ3v) is 6.01. The fraction of sp³-hybridized carbons (Fsp3) is 0.333. The van der Waals surface area contributed by atoms with E-state index in [1.807, 2.05) is 72.7 Å². The first-order valence-electron chi connectivity index (χ1n) is 9.98. The summed E-state index contributed by atoms with van der Waals surface area (Å²) in [6, 6.07) is 15.9. The van der Waals surface area contributed by atoms with Crippen molar-refractivity contribution in [2.45, 2.75) is 53.3 Å². The van der Waals surface area contributed by atoms with Gasteiger partial charge in [-0.05, 0) is 50.5 Å². The average Bonchev–Trinajstić information content (AvgIpc) is 3.18. The van der Waals surface area contributed by atoms with Crippen LogP contribution in [-0.2, 0) is 13.2 Å². The Morgan fingerprint density at radius 1 is 1.10 bits per heavy atom. The van der Waals surface area contributed by atoms with Crippen LogP contribution >= 0.6 is 11.3 Å². The van der Waals surface area contributed by atoms with Gasteiger partial charge in [0.05, 0.1) is 12.2 Å². The van der Waals surface area contributed by atoms with Crippen LogP contribution in [0, 0.1) is 13.8 Å². The van der Waals surface area contributed by atoms with Gasteiger partial charge in [0.15, 0.2) is 0 Å². The molecule has 0 aliphatic rings. The van der Waals surface area contributed by atoms with E-state index in [4.69, 9.17) is 9.72 Å². The Balaban J connectivity index is 1.71. The van der Waals surface area contributed by atoms with Crippen LogP contribution in [0.4, 0.5) is 0 Å². The third-order valence-electron chi connectivity index (χ3n) is 5.14.